The molecule has 0 spiro atoms. The summed E-state index contributed by atoms with van der Waals surface area (Å²) in [5, 5.41) is 12.7. The molecule has 2 unspecified atom stereocenters. The minimum absolute atomic E-state index is 0.0827. The Morgan fingerprint density at radius 3 is 1.65 bits per heavy atom. The van der Waals surface area contributed by atoms with Gasteiger partial charge in [0.2, 0.25) is 5.91 Å². The number of hydrogen-bond acceptors (Lipinski definition) is 7. The SMILES string of the molecule is CCCCCC/C=C\C/C=C\CCCCCCCC(=O)OCC(O)COP(=O)(O)OCCNC(=O)CCCCCCCCCCCCCC. The molecule has 0 aliphatic heterocycles. The van der Waals surface area contributed by atoms with Gasteiger partial charge >= 0.3 is 13.8 Å². The van der Waals surface area contributed by atoms with Crippen molar-refractivity contribution in [2.45, 2.75) is 187 Å². The van der Waals surface area contributed by atoms with Crippen LogP contribution in [0.2, 0.25) is 0 Å². The quantitative estimate of drug-likeness (QED) is 0.0251. The largest absolute Gasteiger partial charge is 0.472 e. The van der Waals surface area contributed by atoms with Crippen LogP contribution in [0.25, 0.3) is 0 Å². The molecule has 0 bridgehead atoms. The first-order valence-electron chi connectivity index (χ1n) is 19.8. The number of carbonyl (C=O) groups is 2. The van der Waals surface area contributed by atoms with E-state index in [9.17, 15) is 24.2 Å². The lowest BCUT2D eigenvalue weighted by Gasteiger charge is -2.15. The smallest absolute Gasteiger partial charge is 0.463 e. The highest BCUT2D eigenvalue weighted by molar-refractivity contribution is 7.47. The van der Waals surface area contributed by atoms with Crippen LogP contribution in [-0.4, -0.2) is 54.3 Å². The molecular formula is C39H74NO8P. The number of carbonyl (C=O) groups excluding carboxylic acids is 2. The van der Waals surface area contributed by atoms with Gasteiger partial charge in [0.05, 0.1) is 13.2 Å². The zero-order valence-corrected chi connectivity index (χ0v) is 32.3. The molecular weight excluding hydrogens is 641 g/mol. The van der Waals surface area contributed by atoms with E-state index in [1.165, 1.54) is 89.9 Å². The molecule has 0 aromatic carbocycles. The predicted molar refractivity (Wildman–Crippen MR) is 201 cm³/mol. The summed E-state index contributed by atoms with van der Waals surface area (Å²) in [6.07, 6.45) is 36.7. The molecule has 2 atom stereocenters. The molecule has 0 radical (unpaired) electrons. The third kappa shape index (κ3) is 37.6. The van der Waals surface area contributed by atoms with Crippen LogP contribution in [0.1, 0.15) is 181 Å². The van der Waals surface area contributed by atoms with Crippen molar-refractivity contribution in [2.24, 2.45) is 0 Å². The summed E-state index contributed by atoms with van der Waals surface area (Å²) in [7, 11) is -4.41. The van der Waals surface area contributed by atoms with Gasteiger partial charge in [-0.05, 0) is 44.9 Å². The number of amides is 1. The number of nitrogens with one attached hydrogen (secondary N) is 1. The Hall–Kier alpha value is -1.51. The summed E-state index contributed by atoms with van der Waals surface area (Å²) in [4.78, 5) is 33.8. The molecule has 49 heavy (non-hydrogen) atoms. The highest BCUT2D eigenvalue weighted by atomic mass is 31.2. The van der Waals surface area contributed by atoms with Crippen LogP contribution in [0, 0.1) is 0 Å². The molecule has 0 saturated carbocycles. The maximum atomic E-state index is 12.0. The Morgan fingerprint density at radius 1 is 0.633 bits per heavy atom. The van der Waals surface area contributed by atoms with Gasteiger partial charge in [-0.1, -0.05) is 147 Å². The maximum Gasteiger partial charge on any atom is 0.472 e. The number of phosphoric acid groups is 1. The first-order valence-corrected chi connectivity index (χ1v) is 21.3. The summed E-state index contributed by atoms with van der Waals surface area (Å²) < 4.78 is 26.8. The van der Waals surface area contributed by atoms with E-state index in [1.807, 2.05) is 0 Å². The van der Waals surface area contributed by atoms with Crippen molar-refractivity contribution in [1.82, 2.24) is 5.32 Å². The number of allylic oxidation sites excluding steroid dienone is 4. The molecule has 0 aromatic rings. The van der Waals surface area contributed by atoms with Crippen molar-refractivity contribution >= 4 is 19.7 Å². The number of aliphatic hydroxyl groups excluding tert-OH is 1. The Kier molecular flexibility index (Phi) is 35.2. The van der Waals surface area contributed by atoms with Crippen molar-refractivity contribution in [3.05, 3.63) is 24.3 Å². The van der Waals surface area contributed by atoms with Gasteiger partial charge < -0.3 is 20.1 Å². The van der Waals surface area contributed by atoms with E-state index in [4.69, 9.17) is 13.8 Å². The van der Waals surface area contributed by atoms with Gasteiger partial charge in [-0.25, -0.2) is 4.57 Å². The summed E-state index contributed by atoms with van der Waals surface area (Å²) in [6, 6.07) is 0. The Morgan fingerprint density at radius 2 is 1.10 bits per heavy atom. The average molecular weight is 716 g/mol. The first kappa shape index (κ1) is 47.5. The van der Waals surface area contributed by atoms with E-state index in [-0.39, 0.29) is 32.1 Å². The molecule has 0 saturated heterocycles. The van der Waals surface area contributed by atoms with Gasteiger partial charge in [0.15, 0.2) is 0 Å². The van der Waals surface area contributed by atoms with Gasteiger partial charge in [0.1, 0.15) is 12.7 Å². The third-order valence-corrected chi connectivity index (χ3v) is 9.37. The van der Waals surface area contributed by atoms with Crippen LogP contribution in [-0.2, 0) is 27.9 Å². The van der Waals surface area contributed by atoms with Crippen LogP contribution >= 0.6 is 7.82 Å². The number of ether oxygens (including phenoxy) is 1. The predicted octanol–water partition coefficient (Wildman–Crippen LogP) is 10.4. The molecule has 9 nitrogen and oxygen atoms in total. The van der Waals surface area contributed by atoms with Crippen LogP contribution in [0.4, 0.5) is 0 Å². The fourth-order valence-corrected chi connectivity index (χ4v) is 6.11. The third-order valence-electron chi connectivity index (χ3n) is 8.38. The van der Waals surface area contributed by atoms with Gasteiger partial charge in [0.25, 0.3) is 0 Å². The summed E-state index contributed by atoms with van der Waals surface area (Å²) in [5.41, 5.74) is 0. The van der Waals surface area contributed by atoms with Crippen LogP contribution in [0.3, 0.4) is 0 Å². The normalized spacial score (nSPS) is 13.6. The minimum atomic E-state index is -4.41. The summed E-state index contributed by atoms with van der Waals surface area (Å²) in [5.74, 6) is -0.528. The summed E-state index contributed by atoms with van der Waals surface area (Å²) in [6.45, 7) is 3.52. The fourth-order valence-electron chi connectivity index (χ4n) is 5.35. The van der Waals surface area contributed by atoms with Crippen LogP contribution in [0.15, 0.2) is 24.3 Å². The second kappa shape index (κ2) is 36.3. The average Bonchev–Trinajstić information content (AvgIpc) is 3.08. The van der Waals surface area contributed by atoms with Gasteiger partial charge in [-0.2, -0.15) is 0 Å². The summed E-state index contributed by atoms with van der Waals surface area (Å²) >= 11 is 0. The first-order chi connectivity index (χ1) is 23.8. The lowest BCUT2D eigenvalue weighted by Crippen LogP contribution is -2.27. The van der Waals surface area contributed by atoms with Gasteiger partial charge in [0, 0.05) is 19.4 Å². The topological polar surface area (TPSA) is 131 Å². The molecule has 10 heteroatoms. The molecule has 1 amide bonds. The molecule has 0 heterocycles. The van der Waals surface area contributed by atoms with Crippen molar-refractivity contribution in [3.8, 4) is 0 Å². The monoisotopic (exact) mass is 716 g/mol. The zero-order valence-electron chi connectivity index (χ0n) is 31.4. The lowest BCUT2D eigenvalue weighted by atomic mass is 10.0. The van der Waals surface area contributed by atoms with Crippen LogP contribution < -0.4 is 5.32 Å². The van der Waals surface area contributed by atoms with E-state index < -0.39 is 26.5 Å². The van der Waals surface area contributed by atoms with Crippen LogP contribution in [0.5, 0.6) is 0 Å². The van der Waals surface area contributed by atoms with Gasteiger partial charge in [-0.3, -0.25) is 18.6 Å². The van der Waals surface area contributed by atoms with E-state index in [1.54, 1.807) is 0 Å². The van der Waals surface area contributed by atoms with E-state index in [0.29, 0.717) is 6.42 Å². The van der Waals surface area contributed by atoms with Crippen molar-refractivity contribution in [3.63, 3.8) is 0 Å². The minimum Gasteiger partial charge on any atom is -0.463 e. The molecule has 0 aliphatic rings. The van der Waals surface area contributed by atoms with E-state index in [2.05, 4.69) is 43.5 Å². The standard InChI is InChI=1S/C39H74NO8P/c1-3-5-7-9-11-13-15-17-18-19-20-22-24-26-28-30-32-39(43)46-35-37(41)36-48-49(44,45)47-34-33-40-38(42)31-29-27-25-23-21-16-14-12-10-8-6-4-2/h13,15,18-19,37,41H,3-12,14,16-17,20-36H2,1-2H3,(H,40,42)(H,44,45)/b15-13-,19-18-. The highest BCUT2D eigenvalue weighted by Gasteiger charge is 2.23. The second-order valence-electron chi connectivity index (χ2n) is 13.3. The maximum absolute atomic E-state index is 12.0. The highest BCUT2D eigenvalue weighted by Crippen LogP contribution is 2.42. The number of unbranched alkanes of at least 4 members (excludes halogenated alkanes) is 20. The number of aliphatic hydroxyl groups is 1. The number of rotatable bonds is 37. The number of phosphoric ester groups is 1. The molecule has 0 aromatic heterocycles. The zero-order chi connectivity index (χ0) is 36.1. The molecule has 288 valence electrons. The van der Waals surface area contributed by atoms with E-state index in [0.717, 1.165) is 64.2 Å². The van der Waals surface area contributed by atoms with Crippen molar-refractivity contribution < 1.29 is 37.9 Å². The molecule has 3 N–H and O–H groups in total. The second-order valence-corrected chi connectivity index (χ2v) is 14.7. The van der Waals surface area contributed by atoms with Crippen molar-refractivity contribution in [2.75, 3.05) is 26.4 Å². The van der Waals surface area contributed by atoms with Gasteiger partial charge in [-0.15, -0.1) is 0 Å². The number of hydrogen-bond donors (Lipinski definition) is 3. The Balaban J connectivity index is 3.63. The molecule has 0 fully saturated rings. The Labute approximate surface area is 300 Å². The van der Waals surface area contributed by atoms with E-state index >= 15 is 0 Å². The fraction of sp³-hybridized carbons (Fsp3) is 0.846. The Bertz CT molecular complexity index is 866. The molecule has 0 aliphatic carbocycles. The lowest BCUT2D eigenvalue weighted by molar-refractivity contribution is -0.147. The molecule has 0 rings (SSSR count). The van der Waals surface area contributed by atoms with Crippen molar-refractivity contribution in [1.29, 1.82) is 0 Å². The number of esters is 1.